The molecule has 0 atom stereocenters. The van der Waals surface area contributed by atoms with Gasteiger partial charge in [0.1, 0.15) is 5.75 Å². The fourth-order valence-corrected chi connectivity index (χ4v) is 4.23. The zero-order valence-corrected chi connectivity index (χ0v) is 21.2. The number of rotatable bonds is 19. The van der Waals surface area contributed by atoms with Crippen molar-refractivity contribution in [1.29, 1.82) is 0 Å². The number of ether oxygens (including phenoxy) is 1. The average Bonchev–Trinajstić information content (AvgIpc) is 2.85. The zero-order valence-electron chi connectivity index (χ0n) is 21.2. The first kappa shape index (κ1) is 27.2. The summed E-state index contributed by atoms with van der Waals surface area (Å²) in [6.07, 6.45) is 19.4. The van der Waals surface area contributed by atoms with Crippen molar-refractivity contribution in [3.05, 3.63) is 65.2 Å². The molecule has 2 nitrogen and oxygen atoms in total. The number of benzene rings is 2. The van der Waals surface area contributed by atoms with Gasteiger partial charge in [0.2, 0.25) is 0 Å². The standard InChI is InChI=1S/C31H46O2/c1-3-5-7-9-10-11-12-14-16-26-33-30-24-22-29(23-25-30)31(32)28-20-18-27(19-21-28)17-15-13-8-6-4-2/h18-25H,3-17,26H2,1-2H3. The second-order valence-corrected chi connectivity index (χ2v) is 9.39. The maximum atomic E-state index is 12.8. The number of unbranched alkanes of at least 4 members (excludes halogenated alkanes) is 12. The van der Waals surface area contributed by atoms with Crippen molar-refractivity contribution in [3.63, 3.8) is 0 Å². The third kappa shape index (κ3) is 11.6. The molecule has 0 saturated heterocycles. The minimum absolute atomic E-state index is 0.0787. The lowest BCUT2D eigenvalue weighted by Gasteiger charge is -2.08. The molecule has 0 amide bonds. The van der Waals surface area contributed by atoms with Gasteiger partial charge in [-0.1, -0.05) is 115 Å². The SMILES string of the molecule is CCCCCCCCCCCOc1ccc(C(=O)c2ccc(CCCCCCC)cc2)cc1. The number of aryl methyl sites for hydroxylation is 1. The van der Waals surface area contributed by atoms with Crippen LogP contribution in [0.2, 0.25) is 0 Å². The highest BCUT2D eigenvalue weighted by atomic mass is 16.5. The highest BCUT2D eigenvalue weighted by Crippen LogP contribution is 2.18. The minimum Gasteiger partial charge on any atom is -0.494 e. The van der Waals surface area contributed by atoms with Gasteiger partial charge in [-0.3, -0.25) is 4.79 Å². The van der Waals surface area contributed by atoms with E-state index in [0.717, 1.165) is 36.3 Å². The molecular formula is C31H46O2. The van der Waals surface area contributed by atoms with Gasteiger partial charge in [0.05, 0.1) is 6.61 Å². The molecule has 2 heteroatoms. The molecule has 182 valence electrons. The van der Waals surface area contributed by atoms with Crippen LogP contribution in [0.25, 0.3) is 0 Å². The summed E-state index contributed by atoms with van der Waals surface area (Å²) in [4.78, 5) is 12.8. The van der Waals surface area contributed by atoms with Crippen molar-refractivity contribution in [2.45, 2.75) is 110 Å². The van der Waals surface area contributed by atoms with Gasteiger partial charge in [-0.2, -0.15) is 0 Å². The molecule has 0 N–H and O–H groups in total. The van der Waals surface area contributed by atoms with Gasteiger partial charge < -0.3 is 4.74 Å². The minimum atomic E-state index is 0.0787. The van der Waals surface area contributed by atoms with Crippen LogP contribution < -0.4 is 4.74 Å². The molecule has 0 aliphatic rings. The Morgan fingerprint density at radius 2 is 1.03 bits per heavy atom. The first-order chi connectivity index (χ1) is 16.2. The van der Waals surface area contributed by atoms with Crippen LogP contribution in [0.15, 0.2) is 48.5 Å². The molecule has 2 rings (SSSR count). The van der Waals surface area contributed by atoms with Crippen LogP contribution in [0.4, 0.5) is 0 Å². The average molecular weight is 451 g/mol. The molecule has 0 aromatic heterocycles. The van der Waals surface area contributed by atoms with E-state index in [1.54, 1.807) is 0 Å². The summed E-state index contributed by atoms with van der Waals surface area (Å²) in [5, 5.41) is 0. The summed E-state index contributed by atoms with van der Waals surface area (Å²) in [7, 11) is 0. The second-order valence-electron chi connectivity index (χ2n) is 9.39. The number of hydrogen-bond donors (Lipinski definition) is 0. The van der Waals surface area contributed by atoms with Gasteiger partial charge in [0.25, 0.3) is 0 Å². The van der Waals surface area contributed by atoms with Crippen molar-refractivity contribution in [3.8, 4) is 5.75 Å². The number of ketones is 1. The Morgan fingerprint density at radius 1 is 0.576 bits per heavy atom. The van der Waals surface area contributed by atoms with E-state index in [-0.39, 0.29) is 5.78 Å². The third-order valence-corrected chi connectivity index (χ3v) is 6.42. The van der Waals surface area contributed by atoms with Crippen molar-refractivity contribution >= 4 is 5.78 Å². The lowest BCUT2D eigenvalue weighted by molar-refractivity contribution is 0.103. The number of carbonyl (C=O) groups excluding carboxylic acids is 1. The lowest BCUT2D eigenvalue weighted by atomic mass is 10.00. The van der Waals surface area contributed by atoms with Crippen molar-refractivity contribution in [2.24, 2.45) is 0 Å². The first-order valence-corrected chi connectivity index (χ1v) is 13.6. The number of carbonyl (C=O) groups is 1. The fraction of sp³-hybridized carbons (Fsp3) is 0.581. The van der Waals surface area contributed by atoms with Crippen LogP contribution in [-0.4, -0.2) is 12.4 Å². The number of hydrogen-bond acceptors (Lipinski definition) is 2. The maximum Gasteiger partial charge on any atom is 0.193 e. The van der Waals surface area contributed by atoms with Gasteiger partial charge in [0.15, 0.2) is 5.78 Å². The topological polar surface area (TPSA) is 26.3 Å². The second kappa shape index (κ2) is 17.4. The van der Waals surface area contributed by atoms with Gasteiger partial charge in [-0.25, -0.2) is 0 Å². The molecule has 2 aromatic carbocycles. The third-order valence-electron chi connectivity index (χ3n) is 6.42. The van der Waals surface area contributed by atoms with Crippen LogP contribution in [-0.2, 0) is 6.42 Å². The molecule has 0 spiro atoms. The molecule has 33 heavy (non-hydrogen) atoms. The summed E-state index contributed by atoms with van der Waals surface area (Å²) >= 11 is 0. The van der Waals surface area contributed by atoms with E-state index in [1.807, 2.05) is 36.4 Å². The summed E-state index contributed by atoms with van der Waals surface area (Å²) in [6.45, 7) is 5.26. The fourth-order valence-electron chi connectivity index (χ4n) is 4.23. The van der Waals surface area contributed by atoms with Crippen LogP contribution in [0.3, 0.4) is 0 Å². The van der Waals surface area contributed by atoms with E-state index in [0.29, 0.717) is 0 Å². The van der Waals surface area contributed by atoms with Crippen LogP contribution in [0.5, 0.6) is 5.75 Å². The van der Waals surface area contributed by atoms with Gasteiger partial charge in [0, 0.05) is 11.1 Å². The van der Waals surface area contributed by atoms with Crippen LogP contribution in [0.1, 0.15) is 125 Å². The molecule has 0 bridgehead atoms. The Hall–Kier alpha value is -2.09. The van der Waals surface area contributed by atoms with Crippen LogP contribution in [0, 0.1) is 0 Å². The Bertz CT molecular complexity index is 745. The Labute approximate surface area is 203 Å². The van der Waals surface area contributed by atoms with E-state index in [4.69, 9.17) is 4.74 Å². The van der Waals surface area contributed by atoms with E-state index in [1.165, 1.54) is 89.0 Å². The predicted octanol–water partition coefficient (Wildman–Crippen LogP) is 9.34. The van der Waals surface area contributed by atoms with E-state index >= 15 is 0 Å². The maximum absolute atomic E-state index is 12.8. The first-order valence-electron chi connectivity index (χ1n) is 13.6. The molecule has 2 aromatic rings. The highest BCUT2D eigenvalue weighted by molar-refractivity contribution is 6.09. The summed E-state index contributed by atoms with van der Waals surface area (Å²) in [5.74, 6) is 0.930. The van der Waals surface area contributed by atoms with Crippen molar-refractivity contribution < 1.29 is 9.53 Å². The quantitative estimate of drug-likeness (QED) is 0.157. The van der Waals surface area contributed by atoms with Crippen molar-refractivity contribution in [2.75, 3.05) is 6.61 Å². The molecule has 0 aliphatic heterocycles. The van der Waals surface area contributed by atoms with E-state index in [9.17, 15) is 4.79 Å². The molecule has 0 unspecified atom stereocenters. The molecule has 0 aliphatic carbocycles. The summed E-state index contributed by atoms with van der Waals surface area (Å²) in [5.41, 5.74) is 2.80. The molecular weight excluding hydrogens is 404 g/mol. The Balaban J connectivity index is 1.64. The predicted molar refractivity (Wildman–Crippen MR) is 142 cm³/mol. The van der Waals surface area contributed by atoms with E-state index < -0.39 is 0 Å². The Morgan fingerprint density at radius 3 is 1.58 bits per heavy atom. The van der Waals surface area contributed by atoms with Gasteiger partial charge >= 0.3 is 0 Å². The van der Waals surface area contributed by atoms with Crippen molar-refractivity contribution in [1.82, 2.24) is 0 Å². The van der Waals surface area contributed by atoms with E-state index in [2.05, 4.69) is 26.0 Å². The summed E-state index contributed by atoms with van der Waals surface area (Å²) < 4.78 is 5.87. The molecule has 0 heterocycles. The smallest absolute Gasteiger partial charge is 0.193 e. The van der Waals surface area contributed by atoms with Gasteiger partial charge in [-0.05, 0) is 49.1 Å². The molecule has 0 saturated carbocycles. The lowest BCUT2D eigenvalue weighted by Crippen LogP contribution is -2.02. The molecule has 0 fully saturated rings. The summed E-state index contributed by atoms with van der Waals surface area (Å²) in [6, 6.07) is 15.8. The Kier molecular flexibility index (Phi) is 14.3. The zero-order chi connectivity index (χ0) is 23.6. The monoisotopic (exact) mass is 450 g/mol. The normalized spacial score (nSPS) is 11.0. The van der Waals surface area contributed by atoms with Gasteiger partial charge in [-0.15, -0.1) is 0 Å². The van der Waals surface area contributed by atoms with Crippen LogP contribution >= 0.6 is 0 Å². The highest BCUT2D eigenvalue weighted by Gasteiger charge is 2.09. The molecule has 0 radical (unpaired) electrons. The largest absolute Gasteiger partial charge is 0.494 e.